The van der Waals surface area contributed by atoms with Crippen molar-refractivity contribution in [3.63, 3.8) is 0 Å². The van der Waals surface area contributed by atoms with Crippen molar-refractivity contribution in [3.05, 3.63) is 24.0 Å². The maximum absolute atomic E-state index is 12.1. The van der Waals surface area contributed by atoms with E-state index in [1.807, 2.05) is 0 Å². The molecule has 1 aromatic rings. The van der Waals surface area contributed by atoms with E-state index in [0.717, 1.165) is 25.3 Å². The molecule has 1 aliphatic heterocycles. The van der Waals surface area contributed by atoms with Gasteiger partial charge in [-0.15, -0.1) is 0 Å². The third kappa shape index (κ3) is 3.92. The topological polar surface area (TPSA) is 57.3 Å². The summed E-state index contributed by atoms with van der Waals surface area (Å²) < 4.78 is 0. The van der Waals surface area contributed by atoms with Crippen LogP contribution in [0.1, 0.15) is 29.6 Å². The van der Waals surface area contributed by atoms with Gasteiger partial charge in [0.1, 0.15) is 0 Å². The molecular weight excluding hydrogens is 240 g/mol. The van der Waals surface area contributed by atoms with Gasteiger partial charge >= 0.3 is 0 Å². The van der Waals surface area contributed by atoms with Crippen molar-refractivity contribution in [1.29, 1.82) is 0 Å². The number of carbonyl (C=O) groups excluding carboxylic acids is 1. The predicted molar refractivity (Wildman–Crippen MR) is 76.4 cm³/mol. The van der Waals surface area contributed by atoms with E-state index in [1.165, 1.54) is 19.3 Å². The Morgan fingerprint density at radius 3 is 2.89 bits per heavy atom. The fourth-order valence-corrected chi connectivity index (χ4v) is 2.40. The van der Waals surface area contributed by atoms with E-state index >= 15 is 0 Å². The van der Waals surface area contributed by atoms with Crippen LogP contribution in [0.15, 0.2) is 18.5 Å². The molecule has 1 saturated heterocycles. The Morgan fingerprint density at radius 1 is 1.37 bits per heavy atom. The third-order valence-corrected chi connectivity index (χ3v) is 3.50. The van der Waals surface area contributed by atoms with Gasteiger partial charge < -0.3 is 15.5 Å². The van der Waals surface area contributed by atoms with Crippen molar-refractivity contribution >= 4 is 11.6 Å². The minimum atomic E-state index is -0.0607. The van der Waals surface area contributed by atoms with Crippen molar-refractivity contribution in [1.82, 2.24) is 15.2 Å². The zero-order valence-corrected chi connectivity index (χ0v) is 11.5. The van der Waals surface area contributed by atoms with Crippen LogP contribution < -0.4 is 10.6 Å². The highest BCUT2D eigenvalue weighted by atomic mass is 16.1. The molecular formula is C14H22N4O. The van der Waals surface area contributed by atoms with Crippen LogP contribution in [-0.2, 0) is 0 Å². The molecule has 2 N–H and O–H groups in total. The monoisotopic (exact) mass is 262 g/mol. The maximum atomic E-state index is 12.1. The molecule has 0 saturated carbocycles. The maximum Gasteiger partial charge on any atom is 0.254 e. The van der Waals surface area contributed by atoms with Gasteiger partial charge in [-0.2, -0.15) is 0 Å². The van der Waals surface area contributed by atoms with Crippen molar-refractivity contribution < 1.29 is 4.79 Å². The molecule has 1 amide bonds. The lowest BCUT2D eigenvalue weighted by atomic mass is 10.1. The van der Waals surface area contributed by atoms with Crippen molar-refractivity contribution in [2.45, 2.75) is 19.3 Å². The Bertz CT molecular complexity index is 416. The summed E-state index contributed by atoms with van der Waals surface area (Å²) >= 11 is 0. The molecule has 0 spiro atoms. The molecule has 104 valence electrons. The molecule has 0 aromatic carbocycles. The molecule has 0 atom stereocenters. The van der Waals surface area contributed by atoms with Crippen molar-refractivity contribution in [2.75, 3.05) is 38.5 Å². The fourth-order valence-electron chi connectivity index (χ4n) is 2.40. The molecule has 5 heteroatoms. The Hall–Kier alpha value is -1.62. The van der Waals surface area contributed by atoms with Crippen LogP contribution in [0.2, 0.25) is 0 Å². The van der Waals surface area contributed by atoms with Crippen LogP contribution in [0.25, 0.3) is 0 Å². The van der Waals surface area contributed by atoms with Crippen LogP contribution in [0.4, 0.5) is 5.69 Å². The molecule has 19 heavy (non-hydrogen) atoms. The Morgan fingerprint density at radius 2 is 2.16 bits per heavy atom. The number of hydrogen-bond donors (Lipinski definition) is 2. The van der Waals surface area contributed by atoms with Gasteiger partial charge in [-0.05, 0) is 32.0 Å². The first-order chi connectivity index (χ1) is 9.31. The summed E-state index contributed by atoms with van der Waals surface area (Å²) in [6, 6.07) is 1.81. The summed E-state index contributed by atoms with van der Waals surface area (Å²) in [5.74, 6) is -0.0607. The number of pyridine rings is 1. The minimum Gasteiger partial charge on any atom is -0.387 e. The number of nitrogens with one attached hydrogen (secondary N) is 2. The normalized spacial score (nSPS) is 16.1. The number of rotatable bonds is 5. The predicted octanol–water partition coefficient (Wildman–Crippen LogP) is 1.34. The van der Waals surface area contributed by atoms with E-state index in [9.17, 15) is 4.79 Å². The number of likely N-dealkylation sites (tertiary alicyclic amines) is 1. The number of carbonyl (C=O) groups is 1. The number of piperidine rings is 1. The van der Waals surface area contributed by atoms with Crippen LogP contribution >= 0.6 is 0 Å². The number of aromatic nitrogens is 1. The van der Waals surface area contributed by atoms with E-state index in [0.29, 0.717) is 12.1 Å². The Balaban J connectivity index is 1.80. The second-order valence-electron chi connectivity index (χ2n) is 4.83. The van der Waals surface area contributed by atoms with Gasteiger partial charge in [0.25, 0.3) is 5.91 Å². The summed E-state index contributed by atoms with van der Waals surface area (Å²) in [5, 5.41) is 5.97. The van der Waals surface area contributed by atoms with E-state index < -0.39 is 0 Å². The standard InChI is InChI=1S/C14H22N4O/c1-15-13-5-6-16-11-12(13)14(19)17-7-10-18-8-3-2-4-9-18/h5-6,11H,2-4,7-10H2,1H3,(H,15,16)(H,17,19). The molecule has 0 radical (unpaired) electrons. The van der Waals surface area contributed by atoms with Gasteiger partial charge in [0.2, 0.25) is 0 Å². The van der Waals surface area contributed by atoms with E-state index in [4.69, 9.17) is 0 Å². The minimum absolute atomic E-state index is 0.0607. The molecule has 0 unspecified atom stereocenters. The van der Waals surface area contributed by atoms with Gasteiger partial charge in [0.15, 0.2) is 0 Å². The van der Waals surface area contributed by atoms with Gasteiger partial charge in [0.05, 0.1) is 5.56 Å². The van der Waals surface area contributed by atoms with Crippen LogP contribution in [-0.4, -0.2) is 49.0 Å². The van der Waals surface area contributed by atoms with Crippen LogP contribution in [0.3, 0.4) is 0 Å². The first-order valence-electron chi connectivity index (χ1n) is 6.93. The summed E-state index contributed by atoms with van der Waals surface area (Å²) in [5.41, 5.74) is 1.41. The molecule has 5 nitrogen and oxygen atoms in total. The number of anilines is 1. The summed E-state index contributed by atoms with van der Waals surface area (Å²) in [4.78, 5) is 18.5. The van der Waals surface area contributed by atoms with E-state index in [-0.39, 0.29) is 5.91 Å². The largest absolute Gasteiger partial charge is 0.387 e. The van der Waals surface area contributed by atoms with Gasteiger partial charge in [0, 0.05) is 38.2 Å². The SMILES string of the molecule is CNc1ccncc1C(=O)NCCN1CCCCC1. The number of nitrogens with zero attached hydrogens (tertiary/aromatic N) is 2. The second-order valence-corrected chi connectivity index (χ2v) is 4.83. The van der Waals surface area contributed by atoms with Crippen LogP contribution in [0, 0.1) is 0 Å². The molecule has 1 aliphatic rings. The molecule has 0 bridgehead atoms. The van der Waals surface area contributed by atoms with Gasteiger partial charge in [-0.25, -0.2) is 0 Å². The smallest absolute Gasteiger partial charge is 0.254 e. The average Bonchev–Trinajstić information content (AvgIpc) is 2.48. The van der Waals surface area contributed by atoms with Crippen LogP contribution in [0.5, 0.6) is 0 Å². The second kappa shape index (κ2) is 7.09. The zero-order chi connectivity index (χ0) is 13.5. The van der Waals surface area contributed by atoms with Crippen molar-refractivity contribution in [3.8, 4) is 0 Å². The number of amides is 1. The quantitative estimate of drug-likeness (QED) is 0.841. The lowest BCUT2D eigenvalue weighted by Crippen LogP contribution is -2.37. The van der Waals surface area contributed by atoms with E-state index in [2.05, 4.69) is 20.5 Å². The molecule has 1 fully saturated rings. The van der Waals surface area contributed by atoms with Crippen molar-refractivity contribution in [2.24, 2.45) is 0 Å². The lowest BCUT2D eigenvalue weighted by molar-refractivity contribution is 0.0947. The summed E-state index contributed by atoms with van der Waals surface area (Å²) in [7, 11) is 1.81. The molecule has 0 aliphatic carbocycles. The first kappa shape index (κ1) is 13.8. The zero-order valence-electron chi connectivity index (χ0n) is 11.5. The molecule has 1 aromatic heterocycles. The summed E-state index contributed by atoms with van der Waals surface area (Å²) in [6.07, 6.45) is 7.17. The molecule has 2 rings (SSSR count). The lowest BCUT2D eigenvalue weighted by Gasteiger charge is -2.26. The average molecular weight is 262 g/mol. The fraction of sp³-hybridized carbons (Fsp3) is 0.571. The highest BCUT2D eigenvalue weighted by molar-refractivity contribution is 5.99. The summed E-state index contributed by atoms with van der Waals surface area (Å²) in [6.45, 7) is 3.94. The third-order valence-electron chi connectivity index (χ3n) is 3.50. The Labute approximate surface area is 114 Å². The van der Waals surface area contributed by atoms with Gasteiger partial charge in [-0.1, -0.05) is 6.42 Å². The highest BCUT2D eigenvalue weighted by Crippen LogP contribution is 2.12. The highest BCUT2D eigenvalue weighted by Gasteiger charge is 2.12. The number of hydrogen-bond acceptors (Lipinski definition) is 4. The first-order valence-corrected chi connectivity index (χ1v) is 6.93. The molecule has 2 heterocycles. The van der Waals surface area contributed by atoms with E-state index in [1.54, 1.807) is 25.5 Å². The van der Waals surface area contributed by atoms with Gasteiger partial charge in [-0.3, -0.25) is 9.78 Å². The Kier molecular flexibility index (Phi) is 5.15.